The molecule has 22 heavy (non-hydrogen) atoms. The Morgan fingerprint density at radius 2 is 1.23 bits per heavy atom. The first-order valence-electron chi connectivity index (χ1n) is 7.12. The summed E-state index contributed by atoms with van der Waals surface area (Å²) >= 11 is 11.9. The summed E-state index contributed by atoms with van der Waals surface area (Å²) in [5.41, 5.74) is 3.05. The molecular formula is C17H16Cl2N2O. The van der Waals surface area contributed by atoms with Crippen LogP contribution in [0.25, 0.3) is 0 Å². The normalized spacial score (nSPS) is 21.6. The van der Waals surface area contributed by atoms with Crippen molar-refractivity contribution in [3.05, 3.63) is 69.7 Å². The van der Waals surface area contributed by atoms with E-state index in [1.54, 1.807) is 0 Å². The highest BCUT2D eigenvalue weighted by atomic mass is 35.5. The highest BCUT2D eigenvalue weighted by Gasteiger charge is 2.27. The van der Waals surface area contributed by atoms with Crippen molar-refractivity contribution in [2.24, 2.45) is 5.16 Å². The molecule has 1 fully saturated rings. The van der Waals surface area contributed by atoms with E-state index >= 15 is 0 Å². The third kappa shape index (κ3) is 3.43. The van der Waals surface area contributed by atoms with Gasteiger partial charge in [-0.15, -0.1) is 0 Å². The molecule has 0 saturated carbocycles. The molecule has 2 aromatic carbocycles. The smallest absolute Gasteiger partial charge is 0.0608 e. The lowest BCUT2D eigenvalue weighted by molar-refractivity contribution is 0.307. The number of piperidine rings is 1. The van der Waals surface area contributed by atoms with Crippen LogP contribution >= 0.6 is 23.2 Å². The molecule has 0 amide bonds. The molecule has 2 atom stereocenters. The summed E-state index contributed by atoms with van der Waals surface area (Å²) in [6, 6.07) is 15.7. The summed E-state index contributed by atoms with van der Waals surface area (Å²) < 4.78 is 0. The maximum Gasteiger partial charge on any atom is 0.0608 e. The molecule has 0 bridgehead atoms. The quantitative estimate of drug-likeness (QED) is 0.600. The van der Waals surface area contributed by atoms with Gasteiger partial charge in [0.25, 0.3) is 0 Å². The summed E-state index contributed by atoms with van der Waals surface area (Å²) in [5, 5.41) is 17.7. The number of hydrogen-bond acceptors (Lipinski definition) is 3. The van der Waals surface area contributed by atoms with Crippen molar-refractivity contribution in [1.82, 2.24) is 5.32 Å². The Bertz CT molecular complexity index is 613. The Morgan fingerprint density at radius 1 is 0.818 bits per heavy atom. The summed E-state index contributed by atoms with van der Waals surface area (Å²) in [6.07, 6.45) is 1.37. The van der Waals surface area contributed by atoms with E-state index in [0.29, 0.717) is 22.9 Å². The van der Waals surface area contributed by atoms with Crippen LogP contribution < -0.4 is 5.32 Å². The minimum absolute atomic E-state index is 0.0950. The highest BCUT2D eigenvalue weighted by molar-refractivity contribution is 6.30. The van der Waals surface area contributed by atoms with Crippen LogP contribution in [0.1, 0.15) is 36.1 Å². The standard InChI is InChI=1S/C17H16Cl2N2O/c18-13-5-1-11(2-6-13)16-9-15(21-22)10-17(20-16)12-3-7-14(19)8-4-12/h1-8,16-17,20,22H,9-10H2. The zero-order chi connectivity index (χ0) is 15.5. The molecule has 2 unspecified atom stereocenters. The maximum absolute atomic E-state index is 9.23. The van der Waals surface area contributed by atoms with Crippen LogP contribution in [0.4, 0.5) is 0 Å². The third-order valence-electron chi connectivity index (χ3n) is 3.97. The number of rotatable bonds is 2. The van der Waals surface area contributed by atoms with E-state index in [9.17, 15) is 5.21 Å². The number of nitrogens with zero attached hydrogens (tertiary/aromatic N) is 1. The minimum Gasteiger partial charge on any atom is -0.411 e. The molecule has 0 aliphatic carbocycles. The molecular weight excluding hydrogens is 319 g/mol. The molecule has 2 N–H and O–H groups in total. The molecule has 1 aliphatic rings. The first kappa shape index (κ1) is 15.3. The van der Waals surface area contributed by atoms with Crippen LogP contribution in [0.5, 0.6) is 0 Å². The third-order valence-corrected chi connectivity index (χ3v) is 4.47. The van der Waals surface area contributed by atoms with Crippen LogP contribution in [0, 0.1) is 0 Å². The van der Waals surface area contributed by atoms with Gasteiger partial charge in [-0.05, 0) is 35.4 Å². The van der Waals surface area contributed by atoms with Crippen molar-refractivity contribution >= 4 is 28.9 Å². The van der Waals surface area contributed by atoms with Gasteiger partial charge < -0.3 is 10.5 Å². The number of hydrogen-bond donors (Lipinski definition) is 2. The summed E-state index contributed by atoms with van der Waals surface area (Å²) in [5.74, 6) is 0. The largest absolute Gasteiger partial charge is 0.411 e. The predicted molar refractivity (Wildman–Crippen MR) is 90.0 cm³/mol. The van der Waals surface area contributed by atoms with Gasteiger partial charge in [-0.2, -0.15) is 0 Å². The van der Waals surface area contributed by atoms with E-state index in [1.807, 2.05) is 48.5 Å². The molecule has 1 heterocycles. The second kappa shape index (κ2) is 6.69. The van der Waals surface area contributed by atoms with Gasteiger partial charge in [-0.25, -0.2) is 0 Å². The molecule has 2 aromatic rings. The summed E-state index contributed by atoms with van der Waals surface area (Å²) in [4.78, 5) is 0. The van der Waals surface area contributed by atoms with Crippen molar-refractivity contribution in [3.63, 3.8) is 0 Å². The zero-order valence-corrected chi connectivity index (χ0v) is 13.3. The minimum atomic E-state index is 0.0950. The molecule has 5 heteroatoms. The van der Waals surface area contributed by atoms with Gasteiger partial charge in [-0.1, -0.05) is 52.6 Å². The zero-order valence-electron chi connectivity index (χ0n) is 11.8. The fraction of sp³-hybridized carbons (Fsp3) is 0.235. The van der Waals surface area contributed by atoms with Crippen LogP contribution in [-0.2, 0) is 0 Å². The Kier molecular flexibility index (Phi) is 4.67. The SMILES string of the molecule is ON=C1CC(c2ccc(Cl)cc2)NC(c2ccc(Cl)cc2)C1. The van der Waals surface area contributed by atoms with Gasteiger partial charge in [0.15, 0.2) is 0 Å². The Labute approximate surface area is 139 Å². The first-order chi connectivity index (χ1) is 10.7. The van der Waals surface area contributed by atoms with Crippen molar-refractivity contribution in [2.45, 2.75) is 24.9 Å². The van der Waals surface area contributed by atoms with E-state index < -0.39 is 0 Å². The number of oxime groups is 1. The van der Waals surface area contributed by atoms with Crippen molar-refractivity contribution in [2.75, 3.05) is 0 Å². The monoisotopic (exact) mass is 334 g/mol. The lowest BCUT2D eigenvalue weighted by Crippen LogP contribution is -2.35. The van der Waals surface area contributed by atoms with Crippen molar-refractivity contribution in [3.8, 4) is 0 Å². The van der Waals surface area contributed by atoms with Crippen LogP contribution in [0.3, 0.4) is 0 Å². The molecule has 0 radical (unpaired) electrons. The Balaban J connectivity index is 1.86. The maximum atomic E-state index is 9.23. The Hall–Kier alpha value is -1.55. The number of nitrogens with one attached hydrogen (secondary N) is 1. The van der Waals surface area contributed by atoms with Crippen LogP contribution in [0.2, 0.25) is 10.0 Å². The van der Waals surface area contributed by atoms with E-state index in [1.165, 1.54) is 0 Å². The molecule has 1 saturated heterocycles. The second-order valence-corrected chi connectivity index (χ2v) is 6.32. The molecule has 3 rings (SSSR count). The molecule has 3 nitrogen and oxygen atoms in total. The summed E-state index contributed by atoms with van der Waals surface area (Å²) in [6.45, 7) is 0. The first-order valence-corrected chi connectivity index (χ1v) is 7.88. The topological polar surface area (TPSA) is 44.6 Å². The van der Waals surface area contributed by atoms with Gasteiger partial charge >= 0.3 is 0 Å². The Morgan fingerprint density at radius 3 is 1.59 bits per heavy atom. The fourth-order valence-electron chi connectivity index (χ4n) is 2.82. The van der Waals surface area contributed by atoms with Crippen molar-refractivity contribution in [1.29, 1.82) is 0 Å². The van der Waals surface area contributed by atoms with E-state index in [0.717, 1.165) is 16.8 Å². The van der Waals surface area contributed by atoms with Gasteiger partial charge in [0.2, 0.25) is 0 Å². The van der Waals surface area contributed by atoms with Gasteiger partial charge in [0, 0.05) is 35.0 Å². The van der Waals surface area contributed by atoms with Crippen LogP contribution in [0.15, 0.2) is 53.7 Å². The molecule has 0 spiro atoms. The van der Waals surface area contributed by atoms with Gasteiger partial charge in [0.1, 0.15) is 0 Å². The average molecular weight is 335 g/mol. The van der Waals surface area contributed by atoms with Crippen LogP contribution in [-0.4, -0.2) is 10.9 Å². The van der Waals surface area contributed by atoms with E-state index in [4.69, 9.17) is 23.2 Å². The lowest BCUT2D eigenvalue weighted by Gasteiger charge is -2.32. The van der Waals surface area contributed by atoms with Gasteiger partial charge in [-0.3, -0.25) is 0 Å². The van der Waals surface area contributed by atoms with E-state index in [-0.39, 0.29) is 12.1 Å². The average Bonchev–Trinajstić information content (AvgIpc) is 2.55. The number of benzene rings is 2. The predicted octanol–water partition coefficient (Wildman–Crippen LogP) is 4.99. The summed E-state index contributed by atoms with van der Waals surface area (Å²) in [7, 11) is 0. The molecule has 1 aliphatic heterocycles. The molecule has 0 aromatic heterocycles. The number of halogens is 2. The van der Waals surface area contributed by atoms with E-state index in [2.05, 4.69) is 10.5 Å². The van der Waals surface area contributed by atoms with Crippen molar-refractivity contribution < 1.29 is 5.21 Å². The highest BCUT2D eigenvalue weighted by Crippen LogP contribution is 2.32. The molecule has 114 valence electrons. The second-order valence-electron chi connectivity index (χ2n) is 5.45. The van der Waals surface area contributed by atoms with Gasteiger partial charge in [0.05, 0.1) is 5.71 Å². The lowest BCUT2D eigenvalue weighted by atomic mass is 9.89. The fourth-order valence-corrected chi connectivity index (χ4v) is 3.07.